The number of Topliss-reactive ketones (excluding diaryl/α,β-unsaturated/α-hetero) is 1. The number of ether oxygens (including phenoxy) is 1. The van der Waals surface area contributed by atoms with Crippen LogP contribution in [0.1, 0.15) is 33.4 Å². The van der Waals surface area contributed by atoms with E-state index in [0.717, 1.165) is 11.1 Å². The summed E-state index contributed by atoms with van der Waals surface area (Å²) in [5, 5.41) is 2.78. The van der Waals surface area contributed by atoms with Crippen LogP contribution in [0, 0.1) is 0 Å². The number of carbonyl (C=O) groups is 2. The second-order valence-corrected chi connectivity index (χ2v) is 5.69. The number of nitrogens with zero attached hydrogens (tertiary/aromatic N) is 1. The Morgan fingerprint density at radius 2 is 1.85 bits per heavy atom. The van der Waals surface area contributed by atoms with Crippen molar-refractivity contribution in [2.45, 2.75) is 13.5 Å². The minimum absolute atomic E-state index is 0.00378. The third-order valence-electron chi connectivity index (χ3n) is 3.87. The van der Waals surface area contributed by atoms with Crippen LogP contribution in [0.25, 0.3) is 11.3 Å². The van der Waals surface area contributed by atoms with Crippen LogP contribution in [0.4, 0.5) is 0 Å². The van der Waals surface area contributed by atoms with Gasteiger partial charge in [0.2, 0.25) is 5.88 Å². The zero-order valence-corrected chi connectivity index (χ0v) is 14.5. The number of benzene rings is 1. The van der Waals surface area contributed by atoms with Crippen molar-refractivity contribution in [1.82, 2.24) is 10.3 Å². The van der Waals surface area contributed by atoms with E-state index in [9.17, 15) is 9.59 Å². The molecule has 26 heavy (non-hydrogen) atoms. The molecule has 0 spiro atoms. The van der Waals surface area contributed by atoms with Crippen LogP contribution in [-0.4, -0.2) is 23.8 Å². The number of hydrogen-bond donors (Lipinski definition) is 1. The minimum atomic E-state index is -0.313. The molecule has 1 N–H and O–H groups in total. The third-order valence-corrected chi connectivity index (χ3v) is 3.87. The van der Waals surface area contributed by atoms with Crippen LogP contribution in [0.3, 0.4) is 0 Å². The Hall–Kier alpha value is -3.41. The Labute approximate surface area is 150 Å². The predicted molar refractivity (Wildman–Crippen MR) is 96.1 cm³/mol. The molecule has 3 aromatic rings. The Balaban J connectivity index is 1.64. The fourth-order valence-corrected chi connectivity index (χ4v) is 2.39. The van der Waals surface area contributed by atoms with Crippen LogP contribution in [0.5, 0.6) is 5.88 Å². The first-order valence-corrected chi connectivity index (χ1v) is 8.05. The van der Waals surface area contributed by atoms with E-state index in [4.69, 9.17) is 9.15 Å². The molecule has 6 nitrogen and oxygen atoms in total. The quantitative estimate of drug-likeness (QED) is 0.688. The first kappa shape index (κ1) is 17.4. The lowest BCUT2D eigenvalue weighted by Crippen LogP contribution is -2.22. The van der Waals surface area contributed by atoms with E-state index in [-0.39, 0.29) is 17.5 Å². The molecule has 0 aliphatic rings. The summed E-state index contributed by atoms with van der Waals surface area (Å²) in [7, 11) is 1.55. The van der Waals surface area contributed by atoms with Crippen LogP contribution >= 0.6 is 0 Å². The van der Waals surface area contributed by atoms with Gasteiger partial charge in [-0.1, -0.05) is 30.3 Å². The zero-order chi connectivity index (χ0) is 18.5. The molecule has 0 saturated carbocycles. The monoisotopic (exact) mass is 350 g/mol. The Bertz CT molecular complexity index is 912. The maximum absolute atomic E-state index is 12.2. The number of amides is 1. The molecule has 0 fully saturated rings. The largest absolute Gasteiger partial charge is 0.481 e. The van der Waals surface area contributed by atoms with Crippen LogP contribution < -0.4 is 10.1 Å². The number of ketones is 1. The molecule has 6 heteroatoms. The number of carbonyl (C=O) groups excluding carboxylic acids is 2. The molecule has 2 aromatic heterocycles. The van der Waals surface area contributed by atoms with E-state index in [0.29, 0.717) is 23.7 Å². The van der Waals surface area contributed by atoms with Crippen molar-refractivity contribution in [2.24, 2.45) is 0 Å². The Kier molecular flexibility index (Phi) is 5.12. The Morgan fingerprint density at radius 3 is 2.46 bits per heavy atom. The van der Waals surface area contributed by atoms with Crippen molar-refractivity contribution in [2.75, 3.05) is 7.11 Å². The van der Waals surface area contributed by atoms with Gasteiger partial charge in [0.1, 0.15) is 5.76 Å². The van der Waals surface area contributed by atoms with Gasteiger partial charge in [-0.3, -0.25) is 9.59 Å². The third kappa shape index (κ3) is 3.97. The molecular weight excluding hydrogens is 332 g/mol. The topological polar surface area (TPSA) is 81.4 Å². The number of pyridine rings is 1. The molecule has 1 amide bonds. The number of rotatable bonds is 6. The van der Waals surface area contributed by atoms with Crippen molar-refractivity contribution in [3.8, 4) is 17.2 Å². The number of aromatic nitrogens is 1. The van der Waals surface area contributed by atoms with Gasteiger partial charge in [0.05, 0.1) is 7.11 Å². The van der Waals surface area contributed by atoms with E-state index in [1.165, 1.54) is 6.92 Å². The summed E-state index contributed by atoms with van der Waals surface area (Å²) in [5.41, 5.74) is 2.28. The van der Waals surface area contributed by atoms with E-state index in [2.05, 4.69) is 10.3 Å². The summed E-state index contributed by atoms with van der Waals surface area (Å²) in [6.45, 7) is 1.85. The van der Waals surface area contributed by atoms with Crippen LogP contribution in [0.2, 0.25) is 0 Å². The Morgan fingerprint density at radius 1 is 1.08 bits per heavy atom. The summed E-state index contributed by atoms with van der Waals surface area (Å²) < 4.78 is 10.6. The average molecular weight is 350 g/mol. The lowest BCUT2D eigenvalue weighted by molar-refractivity contribution is 0.0923. The second kappa shape index (κ2) is 7.65. The first-order valence-electron chi connectivity index (χ1n) is 8.05. The highest BCUT2D eigenvalue weighted by molar-refractivity contribution is 5.94. The molecule has 2 heterocycles. The molecular formula is C20H18N2O4. The lowest BCUT2D eigenvalue weighted by atomic mass is 10.1. The number of furan rings is 1. The van der Waals surface area contributed by atoms with Crippen molar-refractivity contribution in [1.29, 1.82) is 0 Å². The normalized spacial score (nSPS) is 10.4. The first-order chi connectivity index (χ1) is 12.6. The van der Waals surface area contributed by atoms with E-state index in [1.807, 2.05) is 6.07 Å². The molecule has 0 saturated heterocycles. The van der Waals surface area contributed by atoms with Gasteiger partial charge in [-0.2, -0.15) is 0 Å². The molecule has 0 radical (unpaired) electrons. The molecule has 0 aliphatic heterocycles. The minimum Gasteiger partial charge on any atom is -0.481 e. The van der Waals surface area contributed by atoms with Crippen LogP contribution in [0.15, 0.2) is 59.1 Å². The SMILES string of the molecule is COc1ccc(CNC(=O)c2ccc(-c3ccc(C(C)=O)cc3)o2)cn1. The van der Waals surface area contributed by atoms with Gasteiger partial charge in [0, 0.05) is 29.9 Å². The van der Waals surface area contributed by atoms with E-state index in [1.54, 1.807) is 55.8 Å². The van der Waals surface area contributed by atoms with Gasteiger partial charge in [0.15, 0.2) is 11.5 Å². The van der Waals surface area contributed by atoms with E-state index >= 15 is 0 Å². The summed E-state index contributed by atoms with van der Waals surface area (Å²) in [6, 6.07) is 14.0. The van der Waals surface area contributed by atoms with Crippen molar-refractivity contribution in [3.05, 3.63) is 71.6 Å². The van der Waals surface area contributed by atoms with Gasteiger partial charge >= 0.3 is 0 Å². The zero-order valence-electron chi connectivity index (χ0n) is 14.5. The van der Waals surface area contributed by atoms with Gasteiger partial charge in [-0.15, -0.1) is 0 Å². The smallest absolute Gasteiger partial charge is 0.287 e. The maximum Gasteiger partial charge on any atom is 0.287 e. The summed E-state index contributed by atoms with van der Waals surface area (Å²) in [4.78, 5) is 27.6. The standard InChI is InChI=1S/C20H18N2O4/c1-13(23)15-4-6-16(7-5-15)17-8-9-18(26-17)20(24)22-12-14-3-10-19(25-2)21-11-14/h3-11H,12H2,1-2H3,(H,22,24). The summed E-state index contributed by atoms with van der Waals surface area (Å²) in [6.07, 6.45) is 1.64. The highest BCUT2D eigenvalue weighted by Gasteiger charge is 2.12. The molecule has 1 aromatic carbocycles. The van der Waals surface area contributed by atoms with Gasteiger partial charge in [-0.05, 0) is 24.6 Å². The fourth-order valence-electron chi connectivity index (χ4n) is 2.39. The predicted octanol–water partition coefficient (Wildman–Crippen LogP) is 3.48. The molecule has 0 unspecified atom stereocenters. The summed E-state index contributed by atoms with van der Waals surface area (Å²) >= 11 is 0. The highest BCUT2D eigenvalue weighted by Crippen LogP contribution is 2.23. The molecule has 3 rings (SSSR count). The maximum atomic E-state index is 12.2. The van der Waals surface area contributed by atoms with Crippen molar-refractivity contribution in [3.63, 3.8) is 0 Å². The summed E-state index contributed by atoms with van der Waals surface area (Å²) in [5.74, 6) is 0.997. The average Bonchev–Trinajstić information content (AvgIpc) is 3.17. The van der Waals surface area contributed by atoms with Crippen molar-refractivity contribution < 1.29 is 18.7 Å². The fraction of sp³-hybridized carbons (Fsp3) is 0.150. The molecule has 0 aliphatic carbocycles. The van der Waals surface area contributed by atoms with Crippen LogP contribution in [-0.2, 0) is 6.54 Å². The molecule has 132 valence electrons. The number of methoxy groups -OCH3 is 1. The molecule has 0 atom stereocenters. The van der Waals surface area contributed by atoms with Gasteiger partial charge in [-0.25, -0.2) is 4.98 Å². The second-order valence-electron chi connectivity index (χ2n) is 5.69. The lowest BCUT2D eigenvalue weighted by Gasteiger charge is -2.04. The van der Waals surface area contributed by atoms with E-state index < -0.39 is 0 Å². The molecule has 0 bridgehead atoms. The highest BCUT2D eigenvalue weighted by atomic mass is 16.5. The van der Waals surface area contributed by atoms with Gasteiger partial charge < -0.3 is 14.5 Å². The van der Waals surface area contributed by atoms with Crippen molar-refractivity contribution >= 4 is 11.7 Å². The van der Waals surface area contributed by atoms with Gasteiger partial charge in [0.25, 0.3) is 5.91 Å². The number of hydrogen-bond acceptors (Lipinski definition) is 5. The number of nitrogens with one attached hydrogen (secondary N) is 1.